The van der Waals surface area contributed by atoms with Gasteiger partial charge in [-0.3, -0.25) is 9.32 Å². The number of carbonyl (C=O) groups is 1. The second-order valence-corrected chi connectivity index (χ2v) is 4.20. The number of hydrogen-bond donors (Lipinski definition) is 3. The van der Waals surface area contributed by atoms with Gasteiger partial charge in [-0.2, -0.15) is 0 Å². The molecule has 0 aromatic rings. The van der Waals surface area contributed by atoms with Crippen LogP contribution < -0.4 is 0 Å². The lowest BCUT2D eigenvalue weighted by Crippen LogP contribution is -2.28. The third kappa shape index (κ3) is 2.84. The van der Waals surface area contributed by atoms with Crippen molar-refractivity contribution in [2.24, 2.45) is 0 Å². The van der Waals surface area contributed by atoms with Crippen LogP contribution in [0.3, 0.4) is 0 Å². The summed E-state index contributed by atoms with van der Waals surface area (Å²) in [4.78, 5) is 27.8. The van der Waals surface area contributed by atoms with Crippen LogP contribution in [0.15, 0.2) is 0 Å². The van der Waals surface area contributed by atoms with Gasteiger partial charge in [0.05, 0.1) is 12.7 Å². The molecule has 1 saturated heterocycles. The van der Waals surface area contributed by atoms with Crippen LogP contribution >= 0.6 is 7.82 Å². The van der Waals surface area contributed by atoms with Crippen molar-refractivity contribution in [3.63, 3.8) is 0 Å². The normalized spacial score (nSPS) is 33.7. The van der Waals surface area contributed by atoms with Gasteiger partial charge in [0.25, 0.3) is 0 Å². The van der Waals surface area contributed by atoms with Crippen molar-refractivity contribution >= 4 is 13.6 Å². The summed E-state index contributed by atoms with van der Waals surface area (Å²) in [5.74, 6) is -0.619. The first-order valence-corrected chi connectivity index (χ1v) is 5.41. The van der Waals surface area contributed by atoms with E-state index < -0.39 is 38.5 Å². The number of carbonyl (C=O) groups excluding carboxylic acids is 1. The molecule has 14 heavy (non-hydrogen) atoms. The van der Waals surface area contributed by atoms with Gasteiger partial charge < -0.3 is 19.6 Å². The molecule has 1 rings (SSSR count). The molecule has 0 aromatic carbocycles. The van der Waals surface area contributed by atoms with Crippen LogP contribution in [0.25, 0.3) is 0 Å². The summed E-state index contributed by atoms with van der Waals surface area (Å²) in [6, 6.07) is 0. The van der Waals surface area contributed by atoms with E-state index in [2.05, 4.69) is 4.52 Å². The molecule has 0 amide bonds. The van der Waals surface area contributed by atoms with Crippen molar-refractivity contribution in [2.45, 2.75) is 25.2 Å². The maximum absolute atomic E-state index is 11.1. The molecule has 8 heteroatoms. The lowest BCUT2D eigenvalue weighted by Gasteiger charge is -2.09. The minimum atomic E-state index is -4.60. The zero-order valence-corrected chi connectivity index (χ0v) is 8.26. The average molecular weight is 226 g/mol. The Morgan fingerprint density at radius 3 is 2.50 bits per heavy atom. The molecule has 1 aliphatic rings. The highest BCUT2D eigenvalue weighted by Crippen LogP contribution is 2.36. The molecular formula is C6H11O7P. The van der Waals surface area contributed by atoms with Crippen molar-refractivity contribution in [1.29, 1.82) is 0 Å². The molecule has 3 atom stereocenters. The Balaban J connectivity index is 2.48. The van der Waals surface area contributed by atoms with E-state index in [0.717, 1.165) is 0 Å². The third-order valence-corrected chi connectivity index (χ3v) is 2.31. The van der Waals surface area contributed by atoms with E-state index >= 15 is 0 Å². The van der Waals surface area contributed by atoms with E-state index in [4.69, 9.17) is 19.6 Å². The van der Waals surface area contributed by atoms with E-state index in [1.807, 2.05) is 0 Å². The number of ketones is 1. The van der Waals surface area contributed by atoms with Gasteiger partial charge >= 0.3 is 7.82 Å². The summed E-state index contributed by atoms with van der Waals surface area (Å²) >= 11 is 0. The molecule has 0 aromatic heterocycles. The Morgan fingerprint density at radius 2 is 2.14 bits per heavy atom. The summed E-state index contributed by atoms with van der Waals surface area (Å²) in [6.07, 6.45) is -3.03. The lowest BCUT2D eigenvalue weighted by molar-refractivity contribution is -0.128. The number of aliphatic hydroxyl groups is 1. The average Bonchev–Trinajstić information content (AvgIpc) is 2.28. The number of aliphatic hydroxyl groups excluding tert-OH is 1. The van der Waals surface area contributed by atoms with Gasteiger partial charge in [-0.1, -0.05) is 0 Å². The highest BCUT2D eigenvalue weighted by Gasteiger charge is 2.40. The number of phosphoric acid groups is 1. The van der Waals surface area contributed by atoms with Gasteiger partial charge in [-0.15, -0.1) is 0 Å². The molecule has 3 unspecified atom stereocenters. The van der Waals surface area contributed by atoms with Crippen LogP contribution in [-0.2, 0) is 18.6 Å². The second-order valence-electron chi connectivity index (χ2n) is 2.96. The summed E-state index contributed by atoms with van der Waals surface area (Å²) in [5, 5.41) is 9.14. The molecule has 0 aliphatic carbocycles. The zero-order chi connectivity index (χ0) is 10.9. The summed E-state index contributed by atoms with van der Waals surface area (Å²) < 4.78 is 19.3. The molecular weight excluding hydrogens is 215 g/mol. The predicted octanol–water partition coefficient (Wildman–Crippen LogP) is -1.19. The van der Waals surface area contributed by atoms with Gasteiger partial charge in [0.2, 0.25) is 0 Å². The molecule has 0 radical (unpaired) electrons. The van der Waals surface area contributed by atoms with Crippen LogP contribution in [0.2, 0.25) is 0 Å². The molecule has 0 bridgehead atoms. The topological polar surface area (TPSA) is 113 Å². The summed E-state index contributed by atoms with van der Waals surface area (Å²) in [5.41, 5.74) is 0. The quantitative estimate of drug-likeness (QED) is 0.518. The Labute approximate surface area is 79.9 Å². The molecule has 0 saturated carbocycles. The van der Waals surface area contributed by atoms with Crippen molar-refractivity contribution in [3.05, 3.63) is 0 Å². The number of ether oxygens (including phenoxy) is 1. The van der Waals surface area contributed by atoms with E-state index in [1.54, 1.807) is 0 Å². The fourth-order valence-electron chi connectivity index (χ4n) is 1.11. The standard InChI is InChI=1S/C6H11O7P/c1-3-5(7)6(8)4(13-3)2-12-14(9,10)11/h3-5,7H,2H2,1H3,(H2,9,10,11). The van der Waals surface area contributed by atoms with E-state index in [0.29, 0.717) is 0 Å². The highest BCUT2D eigenvalue weighted by atomic mass is 31.2. The lowest BCUT2D eigenvalue weighted by atomic mass is 10.1. The number of hydrogen-bond acceptors (Lipinski definition) is 5. The third-order valence-electron chi connectivity index (χ3n) is 1.83. The Kier molecular flexibility index (Phi) is 3.41. The van der Waals surface area contributed by atoms with Crippen molar-refractivity contribution in [1.82, 2.24) is 0 Å². The molecule has 1 aliphatic heterocycles. The molecule has 1 heterocycles. The van der Waals surface area contributed by atoms with Gasteiger partial charge in [-0.05, 0) is 6.92 Å². The van der Waals surface area contributed by atoms with Gasteiger partial charge in [-0.25, -0.2) is 4.57 Å². The number of Topliss-reactive ketones (excluding diaryl/α,β-unsaturated/α-hetero) is 1. The van der Waals surface area contributed by atoms with Crippen LogP contribution in [0.1, 0.15) is 6.92 Å². The summed E-state index contributed by atoms with van der Waals surface area (Å²) in [7, 11) is -4.60. The maximum Gasteiger partial charge on any atom is 0.469 e. The minimum Gasteiger partial charge on any atom is -0.382 e. The number of rotatable bonds is 3. The Hall–Kier alpha value is -0.300. The molecule has 82 valence electrons. The molecule has 1 fully saturated rings. The predicted molar refractivity (Wildman–Crippen MR) is 43.3 cm³/mol. The van der Waals surface area contributed by atoms with Crippen LogP contribution in [0, 0.1) is 0 Å². The van der Waals surface area contributed by atoms with Crippen molar-refractivity contribution in [3.8, 4) is 0 Å². The van der Waals surface area contributed by atoms with Crippen LogP contribution in [0.4, 0.5) is 0 Å². The molecule has 7 nitrogen and oxygen atoms in total. The first kappa shape index (κ1) is 11.8. The van der Waals surface area contributed by atoms with E-state index in [-0.39, 0.29) is 0 Å². The molecule has 0 spiro atoms. The van der Waals surface area contributed by atoms with Crippen LogP contribution in [-0.4, -0.2) is 45.6 Å². The SMILES string of the molecule is CC1OC(COP(=O)(O)O)C(=O)C1O. The summed E-state index contributed by atoms with van der Waals surface area (Å²) in [6.45, 7) is 0.935. The Bertz CT molecular complexity index is 271. The fourth-order valence-corrected chi connectivity index (χ4v) is 1.44. The van der Waals surface area contributed by atoms with Gasteiger partial charge in [0.1, 0.15) is 12.2 Å². The van der Waals surface area contributed by atoms with Crippen molar-refractivity contribution in [2.75, 3.05) is 6.61 Å². The van der Waals surface area contributed by atoms with Gasteiger partial charge in [0, 0.05) is 0 Å². The molecule has 3 N–H and O–H groups in total. The zero-order valence-electron chi connectivity index (χ0n) is 7.36. The first-order valence-electron chi connectivity index (χ1n) is 3.88. The first-order chi connectivity index (χ1) is 6.31. The van der Waals surface area contributed by atoms with E-state index in [9.17, 15) is 9.36 Å². The number of phosphoric ester groups is 1. The van der Waals surface area contributed by atoms with Crippen LogP contribution in [0.5, 0.6) is 0 Å². The van der Waals surface area contributed by atoms with E-state index in [1.165, 1.54) is 6.92 Å². The fraction of sp³-hybridized carbons (Fsp3) is 0.833. The minimum absolute atomic E-state index is 0.551. The monoisotopic (exact) mass is 226 g/mol. The maximum atomic E-state index is 11.1. The highest BCUT2D eigenvalue weighted by molar-refractivity contribution is 7.46. The van der Waals surface area contributed by atoms with Crippen molar-refractivity contribution < 1.29 is 33.5 Å². The Morgan fingerprint density at radius 1 is 1.57 bits per heavy atom. The largest absolute Gasteiger partial charge is 0.469 e. The smallest absolute Gasteiger partial charge is 0.382 e. The van der Waals surface area contributed by atoms with Gasteiger partial charge in [0.15, 0.2) is 5.78 Å². The second kappa shape index (κ2) is 4.06.